The molecular weight excluding hydrogens is 287 g/mol. The summed E-state index contributed by atoms with van der Waals surface area (Å²) in [4.78, 5) is 4.08. The molecule has 0 saturated carbocycles. The molecule has 0 aliphatic rings. The van der Waals surface area contributed by atoms with Crippen LogP contribution in [0.25, 0.3) is 0 Å². The molecule has 2 aromatic carbocycles. The summed E-state index contributed by atoms with van der Waals surface area (Å²) < 4.78 is 38.6. The first kappa shape index (κ1) is 14.6. The van der Waals surface area contributed by atoms with Crippen molar-refractivity contribution in [2.45, 2.75) is 13.1 Å². The van der Waals surface area contributed by atoms with E-state index < -0.39 is 11.7 Å². The Morgan fingerprint density at radius 1 is 1.00 bits per heavy atom. The first-order chi connectivity index (χ1) is 9.38. The number of hydrogen-bond acceptors (Lipinski definition) is 1. The third kappa shape index (κ3) is 3.39. The summed E-state index contributed by atoms with van der Waals surface area (Å²) in [7, 11) is 0. The normalized spacial score (nSPS) is 12.6. The van der Waals surface area contributed by atoms with Crippen molar-refractivity contribution < 1.29 is 13.2 Å². The Hall–Kier alpha value is -1.81. The molecule has 20 heavy (non-hydrogen) atoms. The summed E-state index contributed by atoms with van der Waals surface area (Å²) in [5.41, 5.74) is 0.394. The first-order valence-corrected chi connectivity index (χ1v) is 6.23. The van der Waals surface area contributed by atoms with E-state index in [1.807, 2.05) is 0 Å². The van der Waals surface area contributed by atoms with Crippen LogP contribution in [-0.4, -0.2) is 5.71 Å². The van der Waals surface area contributed by atoms with Crippen LogP contribution >= 0.6 is 11.6 Å². The van der Waals surface area contributed by atoms with Crippen LogP contribution < -0.4 is 0 Å². The maximum absolute atomic E-state index is 12.9. The molecule has 0 aliphatic carbocycles. The molecule has 0 amide bonds. The van der Waals surface area contributed by atoms with Crippen LogP contribution in [0.4, 0.5) is 18.9 Å². The summed E-state index contributed by atoms with van der Waals surface area (Å²) in [6, 6.07) is 12.0. The van der Waals surface area contributed by atoms with Crippen LogP contribution in [0.3, 0.4) is 0 Å². The number of hydrogen-bond donors (Lipinski definition) is 0. The van der Waals surface area contributed by atoms with Crippen molar-refractivity contribution in [2.24, 2.45) is 4.99 Å². The van der Waals surface area contributed by atoms with Crippen LogP contribution in [-0.2, 0) is 6.18 Å². The maximum Gasteiger partial charge on any atom is 0.418 e. The number of benzene rings is 2. The standard InChI is InChI=1S/C15H11ClF3N/c1-10(11-6-8-12(16)9-7-11)20-14-5-3-2-4-13(14)15(17,18)19/h2-9H,1H3. The SMILES string of the molecule is CC(=Nc1ccccc1C(F)(F)F)c1ccc(Cl)cc1. The molecule has 104 valence electrons. The van der Waals surface area contributed by atoms with E-state index in [1.54, 1.807) is 31.2 Å². The number of aliphatic imine (C=N–C) groups is 1. The maximum atomic E-state index is 12.9. The number of para-hydroxylation sites is 1. The van der Waals surface area contributed by atoms with Gasteiger partial charge in [0.15, 0.2) is 0 Å². The summed E-state index contributed by atoms with van der Waals surface area (Å²) in [5, 5.41) is 0.567. The molecule has 0 atom stereocenters. The molecule has 0 heterocycles. The molecule has 0 radical (unpaired) electrons. The Labute approximate surface area is 119 Å². The minimum atomic E-state index is -4.42. The zero-order valence-electron chi connectivity index (χ0n) is 10.6. The monoisotopic (exact) mass is 297 g/mol. The summed E-state index contributed by atoms with van der Waals surface area (Å²) in [5.74, 6) is 0. The molecule has 1 nitrogen and oxygen atoms in total. The quantitative estimate of drug-likeness (QED) is 0.649. The first-order valence-electron chi connectivity index (χ1n) is 5.85. The second-order valence-corrected chi connectivity index (χ2v) is 4.66. The second kappa shape index (κ2) is 5.67. The molecule has 0 aliphatic heterocycles. The van der Waals surface area contributed by atoms with Gasteiger partial charge in [-0.3, -0.25) is 4.99 Å². The van der Waals surface area contributed by atoms with Gasteiger partial charge in [0.2, 0.25) is 0 Å². The third-order valence-corrected chi connectivity index (χ3v) is 3.01. The molecular formula is C15H11ClF3N. The van der Waals surface area contributed by atoms with Crippen molar-refractivity contribution in [2.75, 3.05) is 0 Å². The highest BCUT2D eigenvalue weighted by molar-refractivity contribution is 6.30. The van der Waals surface area contributed by atoms with Crippen molar-refractivity contribution in [1.29, 1.82) is 0 Å². The van der Waals surface area contributed by atoms with Gasteiger partial charge in [-0.05, 0) is 36.8 Å². The van der Waals surface area contributed by atoms with Gasteiger partial charge < -0.3 is 0 Å². The lowest BCUT2D eigenvalue weighted by Gasteiger charge is -2.10. The molecule has 0 spiro atoms. The van der Waals surface area contributed by atoms with Gasteiger partial charge in [-0.15, -0.1) is 0 Å². The summed E-state index contributed by atoms with van der Waals surface area (Å²) in [6.07, 6.45) is -4.42. The van der Waals surface area contributed by atoms with Gasteiger partial charge in [0.25, 0.3) is 0 Å². The Morgan fingerprint density at radius 2 is 1.60 bits per heavy atom. The van der Waals surface area contributed by atoms with E-state index in [4.69, 9.17) is 11.6 Å². The molecule has 2 rings (SSSR count). The Balaban J connectivity index is 2.43. The van der Waals surface area contributed by atoms with E-state index >= 15 is 0 Å². The molecule has 0 fully saturated rings. The number of rotatable bonds is 2. The minimum absolute atomic E-state index is 0.0903. The van der Waals surface area contributed by atoms with Crippen LogP contribution in [0.2, 0.25) is 5.02 Å². The van der Waals surface area contributed by atoms with Gasteiger partial charge in [-0.1, -0.05) is 35.9 Å². The van der Waals surface area contributed by atoms with Crippen LogP contribution in [0.5, 0.6) is 0 Å². The number of nitrogens with zero attached hydrogens (tertiary/aromatic N) is 1. The lowest BCUT2D eigenvalue weighted by molar-refractivity contribution is -0.137. The van der Waals surface area contributed by atoms with E-state index in [9.17, 15) is 13.2 Å². The van der Waals surface area contributed by atoms with Crippen molar-refractivity contribution in [3.63, 3.8) is 0 Å². The number of alkyl halides is 3. The van der Waals surface area contributed by atoms with Crippen molar-refractivity contribution >= 4 is 23.0 Å². The topological polar surface area (TPSA) is 12.4 Å². The fraction of sp³-hybridized carbons (Fsp3) is 0.133. The van der Waals surface area contributed by atoms with Crippen LogP contribution in [0.1, 0.15) is 18.1 Å². The van der Waals surface area contributed by atoms with Crippen molar-refractivity contribution in [1.82, 2.24) is 0 Å². The molecule has 2 aromatic rings. The molecule has 0 N–H and O–H groups in total. The molecule has 0 bridgehead atoms. The highest BCUT2D eigenvalue weighted by Gasteiger charge is 2.33. The van der Waals surface area contributed by atoms with Crippen molar-refractivity contribution in [3.05, 3.63) is 64.7 Å². The molecule has 0 unspecified atom stereocenters. The van der Waals surface area contributed by atoms with E-state index in [0.29, 0.717) is 10.7 Å². The largest absolute Gasteiger partial charge is 0.418 e. The van der Waals surface area contributed by atoms with Gasteiger partial charge in [0.05, 0.1) is 11.3 Å². The van der Waals surface area contributed by atoms with E-state index in [-0.39, 0.29) is 5.69 Å². The smallest absolute Gasteiger partial charge is 0.253 e. The lowest BCUT2D eigenvalue weighted by atomic mass is 10.1. The molecule has 0 aromatic heterocycles. The van der Waals surface area contributed by atoms with E-state index in [0.717, 1.165) is 11.6 Å². The zero-order chi connectivity index (χ0) is 14.8. The Morgan fingerprint density at radius 3 is 2.20 bits per heavy atom. The van der Waals surface area contributed by atoms with Gasteiger partial charge in [0, 0.05) is 10.7 Å². The fourth-order valence-electron chi connectivity index (χ4n) is 1.75. The average Bonchev–Trinajstić information content (AvgIpc) is 2.38. The van der Waals surface area contributed by atoms with Gasteiger partial charge in [-0.2, -0.15) is 13.2 Å². The van der Waals surface area contributed by atoms with E-state index in [1.165, 1.54) is 18.2 Å². The lowest BCUT2D eigenvalue weighted by Crippen LogP contribution is -2.05. The van der Waals surface area contributed by atoms with Crippen LogP contribution in [0.15, 0.2) is 53.5 Å². The highest BCUT2D eigenvalue weighted by atomic mass is 35.5. The summed E-state index contributed by atoms with van der Waals surface area (Å²) >= 11 is 5.77. The third-order valence-electron chi connectivity index (χ3n) is 2.76. The van der Waals surface area contributed by atoms with Gasteiger partial charge >= 0.3 is 6.18 Å². The summed E-state index contributed by atoms with van der Waals surface area (Å²) in [6.45, 7) is 1.66. The average molecular weight is 298 g/mol. The predicted octanol–water partition coefficient (Wildman–Crippen LogP) is 5.50. The van der Waals surface area contributed by atoms with E-state index in [2.05, 4.69) is 4.99 Å². The zero-order valence-corrected chi connectivity index (χ0v) is 11.3. The second-order valence-electron chi connectivity index (χ2n) is 4.22. The fourth-order valence-corrected chi connectivity index (χ4v) is 1.87. The van der Waals surface area contributed by atoms with Gasteiger partial charge in [-0.25, -0.2) is 0 Å². The van der Waals surface area contributed by atoms with Crippen LogP contribution in [0, 0.1) is 0 Å². The minimum Gasteiger partial charge on any atom is -0.253 e. The molecule has 0 saturated heterocycles. The number of halogens is 4. The Bertz CT molecular complexity index is 630. The van der Waals surface area contributed by atoms with Crippen molar-refractivity contribution in [3.8, 4) is 0 Å². The van der Waals surface area contributed by atoms with Gasteiger partial charge in [0.1, 0.15) is 0 Å². The Kier molecular flexibility index (Phi) is 4.14. The highest BCUT2D eigenvalue weighted by Crippen LogP contribution is 2.36. The predicted molar refractivity (Wildman–Crippen MR) is 74.8 cm³/mol. The molecule has 5 heteroatoms.